The number of benzene rings is 2. The minimum Gasteiger partial charge on any atom is -0.493 e. The number of hydrogen-bond donors (Lipinski definition) is 2. The van der Waals surface area contributed by atoms with Gasteiger partial charge in [0.1, 0.15) is 5.75 Å². The van der Waals surface area contributed by atoms with Crippen molar-refractivity contribution in [1.29, 1.82) is 0 Å². The fourth-order valence-corrected chi connectivity index (χ4v) is 3.15. The van der Waals surface area contributed by atoms with Crippen molar-refractivity contribution in [3.05, 3.63) is 58.6 Å². The van der Waals surface area contributed by atoms with Crippen LogP contribution in [-0.2, 0) is 14.8 Å². The average molecular weight is 366 g/mol. The lowest BCUT2D eigenvalue weighted by atomic mass is 10.3. The average Bonchev–Trinajstić information content (AvgIpc) is 2.56. The Morgan fingerprint density at radius 3 is 2.40 bits per heavy atom. The molecule has 0 spiro atoms. The quantitative estimate of drug-likeness (QED) is 0.540. The first-order valence-electron chi connectivity index (χ1n) is 7.00. The van der Waals surface area contributed by atoms with Gasteiger partial charge in [-0.1, -0.05) is 12.1 Å². The number of hydrogen-bond acceptors (Lipinski definition) is 6. The number of nitro groups is 1. The summed E-state index contributed by atoms with van der Waals surface area (Å²) in [6.45, 7) is -0.0172. The third-order valence-corrected chi connectivity index (χ3v) is 4.47. The van der Waals surface area contributed by atoms with Crippen LogP contribution in [0, 0.1) is 10.1 Å². The van der Waals surface area contributed by atoms with Gasteiger partial charge in [-0.2, -0.15) is 0 Å². The molecule has 25 heavy (non-hydrogen) atoms. The number of aliphatic carboxylic acids is 1. The van der Waals surface area contributed by atoms with E-state index in [-0.39, 0.29) is 18.7 Å². The van der Waals surface area contributed by atoms with E-state index in [1.807, 2.05) is 0 Å². The Kier molecular flexibility index (Phi) is 5.55. The molecule has 2 aromatic carbocycles. The van der Waals surface area contributed by atoms with Gasteiger partial charge < -0.3 is 9.84 Å². The van der Waals surface area contributed by atoms with Crippen LogP contribution >= 0.6 is 0 Å². The highest BCUT2D eigenvalue weighted by atomic mass is 32.2. The number of anilines is 1. The molecular formula is C15H14N2O7S. The van der Waals surface area contributed by atoms with Crippen molar-refractivity contribution in [3.63, 3.8) is 0 Å². The summed E-state index contributed by atoms with van der Waals surface area (Å²) in [5, 5.41) is 19.5. The predicted molar refractivity (Wildman–Crippen MR) is 88.1 cm³/mol. The monoisotopic (exact) mass is 366 g/mol. The molecule has 0 aliphatic carbocycles. The number of sulfonamides is 1. The van der Waals surface area contributed by atoms with Gasteiger partial charge in [-0.05, 0) is 30.3 Å². The van der Waals surface area contributed by atoms with Crippen molar-refractivity contribution in [2.75, 3.05) is 11.3 Å². The minimum atomic E-state index is -4.14. The molecule has 0 unspecified atom stereocenters. The van der Waals surface area contributed by atoms with Gasteiger partial charge in [0.15, 0.2) is 4.90 Å². The third kappa shape index (κ3) is 4.91. The summed E-state index contributed by atoms with van der Waals surface area (Å²) >= 11 is 0. The van der Waals surface area contributed by atoms with Crippen LogP contribution in [0.15, 0.2) is 53.4 Å². The number of carboxylic acids is 1. The minimum absolute atomic E-state index is 0.0172. The van der Waals surface area contributed by atoms with Crippen LogP contribution in [0.25, 0.3) is 0 Å². The zero-order valence-electron chi connectivity index (χ0n) is 12.8. The number of carbonyl (C=O) groups is 1. The van der Waals surface area contributed by atoms with Crippen molar-refractivity contribution in [2.24, 2.45) is 0 Å². The summed E-state index contributed by atoms with van der Waals surface area (Å²) < 4.78 is 32.1. The number of nitrogens with zero attached hydrogens (tertiary/aromatic N) is 1. The number of para-hydroxylation sites is 1. The van der Waals surface area contributed by atoms with Crippen LogP contribution < -0.4 is 9.46 Å². The Bertz CT molecular complexity index is 879. The van der Waals surface area contributed by atoms with Crippen molar-refractivity contribution in [1.82, 2.24) is 0 Å². The van der Waals surface area contributed by atoms with Gasteiger partial charge in [0.2, 0.25) is 0 Å². The van der Waals surface area contributed by atoms with Crippen LogP contribution in [0.3, 0.4) is 0 Å². The van der Waals surface area contributed by atoms with E-state index in [0.29, 0.717) is 5.75 Å². The maximum absolute atomic E-state index is 12.3. The Morgan fingerprint density at radius 2 is 1.80 bits per heavy atom. The van der Waals surface area contributed by atoms with E-state index in [9.17, 15) is 23.3 Å². The van der Waals surface area contributed by atoms with Gasteiger partial charge >= 0.3 is 5.97 Å². The molecule has 0 saturated heterocycles. The van der Waals surface area contributed by atoms with Crippen molar-refractivity contribution < 1.29 is 28.0 Å². The zero-order valence-corrected chi connectivity index (χ0v) is 13.6. The highest BCUT2D eigenvalue weighted by molar-refractivity contribution is 7.92. The number of nitro benzene ring substituents is 1. The molecule has 0 amide bonds. The van der Waals surface area contributed by atoms with E-state index in [4.69, 9.17) is 9.84 Å². The van der Waals surface area contributed by atoms with Crippen LogP contribution in [0.5, 0.6) is 5.75 Å². The summed E-state index contributed by atoms with van der Waals surface area (Å²) in [5.41, 5.74) is -0.340. The fraction of sp³-hybridized carbons (Fsp3) is 0.133. The van der Waals surface area contributed by atoms with Gasteiger partial charge in [0.25, 0.3) is 15.7 Å². The van der Waals surface area contributed by atoms with E-state index < -0.39 is 31.5 Å². The lowest BCUT2D eigenvalue weighted by Gasteiger charge is -2.09. The molecule has 0 aliphatic heterocycles. The molecule has 0 atom stereocenters. The summed E-state index contributed by atoms with van der Waals surface area (Å²) in [6, 6.07) is 10.7. The van der Waals surface area contributed by atoms with E-state index in [2.05, 4.69) is 4.72 Å². The van der Waals surface area contributed by atoms with Crippen LogP contribution in [0.2, 0.25) is 0 Å². The van der Waals surface area contributed by atoms with Gasteiger partial charge in [0.05, 0.1) is 18.0 Å². The molecule has 0 heterocycles. The summed E-state index contributed by atoms with van der Waals surface area (Å²) in [4.78, 5) is 20.2. The molecule has 0 saturated carbocycles. The summed E-state index contributed by atoms with van der Waals surface area (Å²) in [7, 11) is -4.14. The normalized spacial score (nSPS) is 10.9. The largest absolute Gasteiger partial charge is 0.493 e. The lowest BCUT2D eigenvalue weighted by Crippen LogP contribution is -2.14. The lowest BCUT2D eigenvalue weighted by molar-refractivity contribution is -0.387. The molecule has 132 valence electrons. The van der Waals surface area contributed by atoms with Gasteiger partial charge in [0, 0.05) is 11.8 Å². The highest BCUT2D eigenvalue weighted by Gasteiger charge is 2.25. The van der Waals surface area contributed by atoms with Crippen LogP contribution in [0.4, 0.5) is 11.4 Å². The zero-order chi connectivity index (χ0) is 18.4. The Hall–Kier alpha value is -3.14. The first kappa shape index (κ1) is 18.2. The molecule has 2 aromatic rings. The summed E-state index contributed by atoms with van der Waals surface area (Å²) in [5.74, 6) is -0.622. The number of rotatable bonds is 8. The maximum atomic E-state index is 12.3. The molecule has 0 bridgehead atoms. The number of carboxylic acid groups (broad SMARTS) is 1. The molecule has 0 radical (unpaired) electrons. The molecule has 2 rings (SSSR count). The first-order valence-corrected chi connectivity index (χ1v) is 8.49. The summed E-state index contributed by atoms with van der Waals surface area (Å²) in [6.07, 6.45) is -0.161. The van der Waals surface area contributed by atoms with Gasteiger partial charge in [-0.15, -0.1) is 0 Å². The standard InChI is InChI=1S/C15H14N2O7S/c18-15(19)9-10-24-12-7-5-11(6-8-12)16-25(22,23)14-4-2-1-3-13(14)17(20)21/h1-8,16H,9-10H2,(H,18,19). The van der Waals surface area contributed by atoms with E-state index >= 15 is 0 Å². The molecule has 9 nitrogen and oxygen atoms in total. The predicted octanol–water partition coefficient (Wildman–Crippen LogP) is 2.25. The molecule has 10 heteroatoms. The molecule has 0 aliphatic rings. The Morgan fingerprint density at radius 1 is 1.16 bits per heavy atom. The van der Waals surface area contributed by atoms with E-state index in [1.165, 1.54) is 36.4 Å². The molecular weight excluding hydrogens is 352 g/mol. The fourth-order valence-electron chi connectivity index (χ4n) is 1.92. The van der Waals surface area contributed by atoms with Gasteiger partial charge in [-0.3, -0.25) is 19.6 Å². The second-order valence-electron chi connectivity index (χ2n) is 4.85. The van der Waals surface area contributed by atoms with E-state index in [1.54, 1.807) is 0 Å². The molecule has 2 N–H and O–H groups in total. The second-order valence-corrected chi connectivity index (χ2v) is 6.50. The second kappa shape index (κ2) is 7.62. The molecule has 0 aromatic heterocycles. The van der Waals surface area contributed by atoms with Gasteiger partial charge in [-0.25, -0.2) is 8.42 Å². The van der Waals surface area contributed by atoms with Crippen LogP contribution in [-0.4, -0.2) is 31.0 Å². The molecule has 0 fully saturated rings. The van der Waals surface area contributed by atoms with Crippen molar-refractivity contribution >= 4 is 27.4 Å². The van der Waals surface area contributed by atoms with Crippen molar-refractivity contribution in [2.45, 2.75) is 11.3 Å². The first-order chi connectivity index (χ1) is 11.8. The van der Waals surface area contributed by atoms with Crippen molar-refractivity contribution in [3.8, 4) is 5.75 Å². The third-order valence-electron chi connectivity index (χ3n) is 3.04. The number of ether oxygens (including phenoxy) is 1. The smallest absolute Gasteiger partial charge is 0.306 e. The number of nitrogens with one attached hydrogen (secondary N) is 1. The topological polar surface area (TPSA) is 136 Å². The SMILES string of the molecule is O=C(O)CCOc1ccc(NS(=O)(=O)c2ccccc2[N+](=O)[O-])cc1. The van der Waals surface area contributed by atoms with Crippen LogP contribution in [0.1, 0.15) is 6.42 Å². The van der Waals surface area contributed by atoms with E-state index in [0.717, 1.165) is 12.1 Å². The highest BCUT2D eigenvalue weighted by Crippen LogP contribution is 2.26. The Balaban J connectivity index is 2.13. The maximum Gasteiger partial charge on any atom is 0.306 e. The Labute approximate surface area is 143 Å².